The Morgan fingerprint density at radius 1 is 0.892 bits per heavy atom. The van der Waals surface area contributed by atoms with E-state index in [2.05, 4.69) is 40.6 Å². The smallest absolute Gasteiger partial charge is 0.226 e. The standard InChI is InChI=1S/C31H38N4O2/c32-23-31(25-11-5-2-6-12-25)16-19-35(20-17-31)30(37)28-14-8-7-13-27(28)29(36)33-26-15-18-34(22-26)21-24-9-3-1-4-10-24/h1-6,9-12,26-28H,7-8,13-22H2,(H,33,36). The molecule has 2 aromatic carbocycles. The van der Waals surface area contributed by atoms with Crippen molar-refractivity contribution in [1.29, 1.82) is 5.26 Å². The Kier molecular flexibility index (Phi) is 7.90. The van der Waals surface area contributed by atoms with Gasteiger partial charge in [0.25, 0.3) is 0 Å². The van der Waals surface area contributed by atoms with Crippen LogP contribution in [0.4, 0.5) is 0 Å². The highest BCUT2D eigenvalue weighted by Crippen LogP contribution is 2.37. The largest absolute Gasteiger partial charge is 0.352 e. The van der Waals surface area contributed by atoms with Crippen molar-refractivity contribution in [2.24, 2.45) is 11.8 Å². The highest BCUT2D eigenvalue weighted by atomic mass is 16.2. The Morgan fingerprint density at radius 2 is 1.54 bits per heavy atom. The van der Waals surface area contributed by atoms with Crippen molar-refractivity contribution >= 4 is 11.8 Å². The van der Waals surface area contributed by atoms with Crippen LogP contribution in [0.1, 0.15) is 56.1 Å². The van der Waals surface area contributed by atoms with E-state index in [0.717, 1.165) is 57.3 Å². The van der Waals surface area contributed by atoms with Crippen LogP contribution in [0.2, 0.25) is 0 Å². The van der Waals surface area contributed by atoms with E-state index in [0.29, 0.717) is 25.9 Å². The average Bonchev–Trinajstić information content (AvgIpc) is 3.40. The summed E-state index contributed by atoms with van der Waals surface area (Å²) in [7, 11) is 0. The molecule has 0 bridgehead atoms. The number of hydrogen-bond acceptors (Lipinski definition) is 4. The molecule has 6 heteroatoms. The van der Waals surface area contributed by atoms with Gasteiger partial charge in [-0.05, 0) is 43.2 Å². The van der Waals surface area contributed by atoms with Gasteiger partial charge in [-0.3, -0.25) is 14.5 Å². The lowest BCUT2D eigenvalue weighted by molar-refractivity contribution is -0.145. The summed E-state index contributed by atoms with van der Waals surface area (Å²) in [4.78, 5) is 31.4. The summed E-state index contributed by atoms with van der Waals surface area (Å²) in [5.74, 6) is -0.336. The highest BCUT2D eigenvalue weighted by molar-refractivity contribution is 5.88. The number of piperidine rings is 1. The zero-order chi connectivity index (χ0) is 25.7. The molecule has 3 unspecified atom stereocenters. The lowest BCUT2D eigenvalue weighted by Gasteiger charge is -2.40. The van der Waals surface area contributed by atoms with Gasteiger partial charge in [-0.1, -0.05) is 73.5 Å². The van der Waals surface area contributed by atoms with Crippen LogP contribution in [0.15, 0.2) is 60.7 Å². The van der Waals surface area contributed by atoms with Crippen molar-refractivity contribution < 1.29 is 9.59 Å². The third-order valence-corrected chi connectivity index (χ3v) is 8.76. The highest BCUT2D eigenvalue weighted by Gasteiger charge is 2.42. The lowest BCUT2D eigenvalue weighted by atomic mass is 9.73. The van der Waals surface area contributed by atoms with Crippen LogP contribution in [0.5, 0.6) is 0 Å². The number of likely N-dealkylation sites (tertiary alicyclic amines) is 2. The second-order valence-electron chi connectivity index (χ2n) is 11.1. The molecule has 1 saturated carbocycles. The monoisotopic (exact) mass is 498 g/mol. The van der Waals surface area contributed by atoms with Gasteiger partial charge in [0.05, 0.1) is 11.5 Å². The zero-order valence-corrected chi connectivity index (χ0v) is 21.6. The molecule has 0 spiro atoms. The number of carbonyl (C=O) groups excluding carboxylic acids is 2. The number of carbonyl (C=O) groups is 2. The number of benzene rings is 2. The van der Waals surface area contributed by atoms with Gasteiger partial charge in [-0.2, -0.15) is 5.26 Å². The molecule has 3 fully saturated rings. The van der Waals surface area contributed by atoms with Gasteiger partial charge in [0, 0.05) is 50.6 Å². The number of nitrogens with one attached hydrogen (secondary N) is 1. The summed E-state index contributed by atoms with van der Waals surface area (Å²) in [5, 5.41) is 13.3. The first kappa shape index (κ1) is 25.5. The van der Waals surface area contributed by atoms with Crippen molar-refractivity contribution in [3.63, 3.8) is 0 Å². The normalized spacial score (nSPS) is 25.8. The molecule has 2 aliphatic heterocycles. The number of nitrogens with zero attached hydrogens (tertiary/aromatic N) is 3. The average molecular weight is 499 g/mol. The molecule has 1 aliphatic carbocycles. The predicted octanol–water partition coefficient (Wildman–Crippen LogP) is 4.27. The van der Waals surface area contributed by atoms with Crippen molar-refractivity contribution in [2.75, 3.05) is 26.2 Å². The molecule has 3 aliphatic rings. The fourth-order valence-electron chi connectivity index (χ4n) is 6.55. The Hall–Kier alpha value is -3.17. The van der Waals surface area contributed by atoms with Crippen LogP contribution in [-0.4, -0.2) is 53.8 Å². The van der Waals surface area contributed by atoms with E-state index in [1.807, 2.05) is 41.3 Å². The first-order chi connectivity index (χ1) is 18.1. The van der Waals surface area contributed by atoms with Gasteiger partial charge in [0.15, 0.2) is 0 Å². The first-order valence-electron chi connectivity index (χ1n) is 13.9. The Labute approximate surface area is 220 Å². The number of amides is 2. The van der Waals surface area contributed by atoms with Crippen molar-refractivity contribution in [3.05, 3.63) is 71.8 Å². The Morgan fingerprint density at radius 3 is 2.22 bits per heavy atom. The van der Waals surface area contributed by atoms with E-state index in [-0.39, 0.29) is 29.7 Å². The van der Waals surface area contributed by atoms with E-state index < -0.39 is 5.41 Å². The summed E-state index contributed by atoms with van der Waals surface area (Å²) in [6.07, 6.45) is 5.78. The molecule has 1 N–H and O–H groups in total. The second kappa shape index (κ2) is 11.5. The molecule has 2 aromatic rings. The van der Waals surface area contributed by atoms with Crippen LogP contribution in [-0.2, 0) is 21.5 Å². The fraction of sp³-hybridized carbons (Fsp3) is 0.516. The Bertz CT molecular complexity index is 1110. The molecule has 2 saturated heterocycles. The van der Waals surface area contributed by atoms with Crippen molar-refractivity contribution in [1.82, 2.24) is 15.1 Å². The van der Waals surface area contributed by atoms with Crippen LogP contribution < -0.4 is 5.32 Å². The first-order valence-corrected chi connectivity index (χ1v) is 13.9. The number of hydrogen-bond donors (Lipinski definition) is 1. The van der Waals surface area contributed by atoms with Gasteiger partial charge >= 0.3 is 0 Å². The summed E-state index contributed by atoms with van der Waals surface area (Å²) < 4.78 is 0. The topological polar surface area (TPSA) is 76.4 Å². The van der Waals surface area contributed by atoms with Crippen LogP contribution >= 0.6 is 0 Å². The molecule has 6 nitrogen and oxygen atoms in total. The van der Waals surface area contributed by atoms with Crippen molar-refractivity contribution in [2.45, 2.75) is 62.9 Å². The molecule has 194 valence electrons. The van der Waals surface area contributed by atoms with Crippen LogP contribution in [0.25, 0.3) is 0 Å². The number of nitriles is 1. The third-order valence-electron chi connectivity index (χ3n) is 8.76. The maximum atomic E-state index is 13.7. The van der Waals surface area contributed by atoms with Gasteiger partial charge < -0.3 is 10.2 Å². The lowest BCUT2D eigenvalue weighted by Crippen LogP contribution is -2.51. The van der Waals surface area contributed by atoms with E-state index in [4.69, 9.17) is 0 Å². The van der Waals surface area contributed by atoms with Gasteiger partial charge in [0.1, 0.15) is 0 Å². The van der Waals surface area contributed by atoms with Gasteiger partial charge in [0.2, 0.25) is 11.8 Å². The molecule has 2 amide bonds. The minimum absolute atomic E-state index is 0.0530. The predicted molar refractivity (Wildman–Crippen MR) is 143 cm³/mol. The molecular weight excluding hydrogens is 460 g/mol. The van der Waals surface area contributed by atoms with Crippen LogP contribution in [0, 0.1) is 23.2 Å². The minimum Gasteiger partial charge on any atom is -0.352 e. The quantitative estimate of drug-likeness (QED) is 0.646. The summed E-state index contributed by atoms with van der Waals surface area (Å²) in [6, 6.07) is 23.1. The maximum absolute atomic E-state index is 13.7. The molecule has 0 aromatic heterocycles. The van der Waals surface area contributed by atoms with Crippen molar-refractivity contribution in [3.8, 4) is 6.07 Å². The van der Waals surface area contributed by atoms with E-state index in [1.54, 1.807) is 0 Å². The fourth-order valence-corrected chi connectivity index (χ4v) is 6.55. The van der Waals surface area contributed by atoms with E-state index in [1.165, 1.54) is 5.56 Å². The molecular formula is C31H38N4O2. The molecule has 0 radical (unpaired) electrons. The molecule has 5 rings (SSSR count). The van der Waals surface area contributed by atoms with E-state index >= 15 is 0 Å². The van der Waals surface area contributed by atoms with Crippen LogP contribution in [0.3, 0.4) is 0 Å². The summed E-state index contributed by atoms with van der Waals surface area (Å²) in [5.41, 5.74) is 1.80. The molecule has 3 atom stereocenters. The van der Waals surface area contributed by atoms with E-state index in [9.17, 15) is 14.9 Å². The third kappa shape index (κ3) is 5.72. The second-order valence-corrected chi connectivity index (χ2v) is 11.1. The summed E-state index contributed by atoms with van der Waals surface area (Å²) in [6.45, 7) is 3.88. The molecule has 37 heavy (non-hydrogen) atoms. The number of rotatable bonds is 6. The Balaban J connectivity index is 1.17. The SMILES string of the molecule is N#CC1(c2ccccc2)CCN(C(=O)C2CCCCC2C(=O)NC2CCN(Cc3ccccc3)C2)CC1. The summed E-state index contributed by atoms with van der Waals surface area (Å²) >= 11 is 0. The zero-order valence-electron chi connectivity index (χ0n) is 21.6. The van der Waals surface area contributed by atoms with Gasteiger partial charge in [-0.15, -0.1) is 0 Å². The molecule has 2 heterocycles. The maximum Gasteiger partial charge on any atom is 0.226 e. The minimum atomic E-state index is -0.532. The van der Waals surface area contributed by atoms with Gasteiger partial charge in [-0.25, -0.2) is 0 Å².